The van der Waals surface area contributed by atoms with Gasteiger partial charge in [0.1, 0.15) is 0 Å². The molecule has 0 spiro atoms. The second-order valence-corrected chi connectivity index (χ2v) is 10.9. The molecule has 0 bridgehead atoms. The summed E-state index contributed by atoms with van der Waals surface area (Å²) >= 11 is 0. The summed E-state index contributed by atoms with van der Waals surface area (Å²) in [6.45, 7) is 2.34. The van der Waals surface area contributed by atoms with E-state index in [1.807, 2.05) is 13.0 Å². The Morgan fingerprint density at radius 1 is 1.24 bits per heavy atom. The van der Waals surface area contributed by atoms with E-state index < -0.39 is 7.26 Å². The van der Waals surface area contributed by atoms with E-state index >= 15 is 0 Å². The van der Waals surface area contributed by atoms with Gasteiger partial charge in [-0.3, -0.25) is 0 Å². The van der Waals surface area contributed by atoms with Gasteiger partial charge in [-0.05, 0) is 0 Å². The molecule has 3 nitrogen and oxygen atoms in total. The zero-order valence-electron chi connectivity index (χ0n) is 12.7. The van der Waals surface area contributed by atoms with E-state index in [0.717, 1.165) is 12.6 Å². The van der Waals surface area contributed by atoms with Crippen molar-refractivity contribution < 1.29 is 14.3 Å². The van der Waals surface area contributed by atoms with Crippen LogP contribution in [0.3, 0.4) is 0 Å². The van der Waals surface area contributed by atoms with Crippen molar-refractivity contribution >= 4 is 19.7 Å². The predicted octanol–water partition coefficient (Wildman–Crippen LogP) is 3.60. The Kier molecular flexibility index (Phi) is 5.93. The first-order valence-electron chi connectivity index (χ1n) is 7.90. The van der Waals surface area contributed by atoms with Gasteiger partial charge in [-0.1, -0.05) is 0 Å². The number of esters is 1. The molecule has 4 heteroatoms. The van der Waals surface area contributed by atoms with Crippen molar-refractivity contribution in [2.24, 2.45) is 0 Å². The summed E-state index contributed by atoms with van der Waals surface area (Å²) in [5.74, 6) is -0.294. The van der Waals surface area contributed by atoms with Crippen molar-refractivity contribution in [2.45, 2.75) is 44.4 Å². The molecule has 1 aliphatic rings. The molecule has 1 aliphatic heterocycles. The van der Waals surface area contributed by atoms with Crippen LogP contribution in [0.5, 0.6) is 0 Å². The molecule has 1 aromatic rings. The second-order valence-electron chi connectivity index (χ2n) is 6.08. The SMILES string of the molecule is CCC(C(=O)OC=O)[PH]1(Cc2ccccc2)CCCCC1. The number of rotatable bonds is 6. The molecule has 0 radical (unpaired) electrons. The third-order valence-electron chi connectivity index (χ3n) is 4.84. The van der Waals surface area contributed by atoms with Crippen molar-refractivity contribution in [3.63, 3.8) is 0 Å². The van der Waals surface area contributed by atoms with Gasteiger partial charge in [0, 0.05) is 0 Å². The van der Waals surface area contributed by atoms with E-state index in [0.29, 0.717) is 6.47 Å². The summed E-state index contributed by atoms with van der Waals surface area (Å²) in [6, 6.07) is 10.5. The number of carbonyl (C=O) groups excluding carboxylic acids is 2. The second kappa shape index (κ2) is 7.70. The average molecular weight is 308 g/mol. The molecule has 2 rings (SSSR count). The molecule has 21 heavy (non-hydrogen) atoms. The normalized spacial score (nSPS) is 20.2. The van der Waals surface area contributed by atoms with Gasteiger partial charge in [0.15, 0.2) is 0 Å². The molecule has 1 unspecified atom stereocenters. The van der Waals surface area contributed by atoms with Crippen LogP contribution in [0.2, 0.25) is 0 Å². The van der Waals surface area contributed by atoms with Crippen LogP contribution in [0.15, 0.2) is 30.3 Å². The van der Waals surface area contributed by atoms with E-state index in [1.54, 1.807) is 0 Å². The van der Waals surface area contributed by atoms with Crippen LogP contribution in [-0.4, -0.2) is 30.4 Å². The van der Waals surface area contributed by atoms with Gasteiger partial charge in [-0.2, -0.15) is 0 Å². The number of carbonyl (C=O) groups is 2. The third kappa shape index (κ3) is 3.91. The Balaban J connectivity index is 2.26. The van der Waals surface area contributed by atoms with Gasteiger partial charge in [0.2, 0.25) is 0 Å². The van der Waals surface area contributed by atoms with Crippen LogP contribution >= 0.6 is 7.26 Å². The van der Waals surface area contributed by atoms with Crippen LogP contribution in [0, 0.1) is 0 Å². The zero-order valence-corrected chi connectivity index (χ0v) is 13.7. The molecule has 0 N–H and O–H groups in total. The summed E-state index contributed by atoms with van der Waals surface area (Å²) < 4.78 is 4.73. The number of hydrogen-bond donors (Lipinski definition) is 0. The van der Waals surface area contributed by atoms with Gasteiger partial charge in [-0.15, -0.1) is 0 Å². The van der Waals surface area contributed by atoms with E-state index in [2.05, 4.69) is 24.3 Å². The Bertz CT molecular complexity index is 466. The molecule has 0 aromatic heterocycles. The number of benzene rings is 1. The minimum atomic E-state index is -1.79. The van der Waals surface area contributed by atoms with Crippen molar-refractivity contribution in [3.8, 4) is 0 Å². The summed E-state index contributed by atoms with van der Waals surface area (Å²) in [5.41, 5.74) is 1.27. The number of ether oxygens (including phenoxy) is 1. The van der Waals surface area contributed by atoms with Gasteiger partial charge in [0.05, 0.1) is 0 Å². The summed E-state index contributed by atoms with van der Waals surface area (Å²) in [4.78, 5) is 22.8. The molecule has 1 aromatic carbocycles. The van der Waals surface area contributed by atoms with Crippen molar-refractivity contribution in [1.29, 1.82) is 0 Å². The predicted molar refractivity (Wildman–Crippen MR) is 88.3 cm³/mol. The van der Waals surface area contributed by atoms with Crippen LogP contribution < -0.4 is 0 Å². The minimum absolute atomic E-state index is 0.0526. The van der Waals surface area contributed by atoms with Crippen molar-refractivity contribution in [1.82, 2.24) is 0 Å². The summed E-state index contributed by atoms with van der Waals surface area (Å²) in [6.07, 6.45) is 7.85. The topological polar surface area (TPSA) is 43.4 Å². The first-order chi connectivity index (χ1) is 10.2. The molecule has 1 atom stereocenters. The monoisotopic (exact) mass is 308 g/mol. The molecule has 1 heterocycles. The molecule has 116 valence electrons. The van der Waals surface area contributed by atoms with E-state index in [4.69, 9.17) is 4.74 Å². The van der Waals surface area contributed by atoms with Gasteiger partial charge >= 0.3 is 127 Å². The molecule has 1 saturated heterocycles. The first-order valence-corrected chi connectivity index (χ1v) is 10.6. The molecule has 0 aliphatic carbocycles. The Hall–Kier alpha value is -1.21. The molecular weight excluding hydrogens is 283 g/mol. The number of hydrogen-bond acceptors (Lipinski definition) is 3. The standard InChI is InChI=1S/C17H25O3P/c1-2-16(17(19)20-14-18)21(11-7-4-8-12-21)13-15-9-5-3-6-10-15/h3,5-6,9-10,14,16,21H,2,4,7-8,11-13H2,1H3. The fourth-order valence-corrected chi connectivity index (χ4v) is 9.82. The van der Waals surface area contributed by atoms with Gasteiger partial charge < -0.3 is 0 Å². The van der Waals surface area contributed by atoms with E-state index in [1.165, 1.54) is 37.1 Å². The zero-order chi connectivity index (χ0) is 15.1. The van der Waals surface area contributed by atoms with Crippen LogP contribution in [0.25, 0.3) is 0 Å². The van der Waals surface area contributed by atoms with E-state index in [-0.39, 0.29) is 11.6 Å². The maximum atomic E-state index is 12.3. The van der Waals surface area contributed by atoms with Gasteiger partial charge in [0.25, 0.3) is 0 Å². The van der Waals surface area contributed by atoms with Crippen LogP contribution in [0.4, 0.5) is 0 Å². The van der Waals surface area contributed by atoms with Crippen molar-refractivity contribution in [2.75, 3.05) is 12.3 Å². The fourth-order valence-electron chi connectivity index (χ4n) is 3.89. The third-order valence-corrected chi connectivity index (χ3v) is 10.8. The Morgan fingerprint density at radius 3 is 2.48 bits per heavy atom. The van der Waals surface area contributed by atoms with Crippen LogP contribution in [0.1, 0.15) is 38.2 Å². The summed E-state index contributed by atoms with van der Waals surface area (Å²) in [7, 11) is -1.79. The van der Waals surface area contributed by atoms with Gasteiger partial charge in [-0.25, -0.2) is 0 Å². The Morgan fingerprint density at radius 2 is 1.90 bits per heavy atom. The molecule has 1 fully saturated rings. The fraction of sp³-hybridized carbons (Fsp3) is 0.529. The quantitative estimate of drug-likeness (QED) is 0.349. The Labute approximate surface area is 127 Å². The molecule has 0 amide bonds. The average Bonchev–Trinajstić information content (AvgIpc) is 2.50. The van der Waals surface area contributed by atoms with E-state index in [9.17, 15) is 9.59 Å². The summed E-state index contributed by atoms with van der Waals surface area (Å²) in [5, 5.41) is 0. The maximum absolute atomic E-state index is 12.3. The van der Waals surface area contributed by atoms with Crippen LogP contribution in [-0.2, 0) is 20.5 Å². The molecular formula is C17H25O3P. The molecule has 0 saturated carbocycles. The van der Waals surface area contributed by atoms with Crippen molar-refractivity contribution in [3.05, 3.63) is 35.9 Å². The first kappa shape index (κ1) is 16.2.